The second-order valence-electron chi connectivity index (χ2n) is 5.87. The standard InChI is InChI=1S/C17H17N3O5S2/c1-11(2)20-27(22,23)13-7-5-12(6-8-13)17(21)24-10-15-18-16(19-25-15)14-4-3-9-26-14/h3-9,11,20H,10H2,1-2H3. The first-order chi connectivity index (χ1) is 12.8. The Hall–Kier alpha value is -2.56. The molecule has 0 bridgehead atoms. The summed E-state index contributed by atoms with van der Waals surface area (Å²) in [6.07, 6.45) is 0. The molecular formula is C17H17N3O5S2. The maximum Gasteiger partial charge on any atom is 0.338 e. The van der Waals surface area contributed by atoms with Gasteiger partial charge in [-0.15, -0.1) is 11.3 Å². The fourth-order valence-corrected chi connectivity index (χ4v) is 4.08. The molecule has 0 saturated heterocycles. The van der Waals surface area contributed by atoms with Crippen LogP contribution in [-0.2, 0) is 21.4 Å². The maximum absolute atomic E-state index is 12.1. The summed E-state index contributed by atoms with van der Waals surface area (Å²) in [6.45, 7) is 3.28. The van der Waals surface area contributed by atoms with Crippen LogP contribution in [0.25, 0.3) is 10.7 Å². The second-order valence-corrected chi connectivity index (χ2v) is 8.53. The lowest BCUT2D eigenvalue weighted by atomic mass is 10.2. The van der Waals surface area contributed by atoms with Crippen molar-refractivity contribution in [3.63, 3.8) is 0 Å². The minimum atomic E-state index is -3.61. The Morgan fingerprint density at radius 3 is 2.63 bits per heavy atom. The van der Waals surface area contributed by atoms with Crippen molar-refractivity contribution in [1.29, 1.82) is 0 Å². The van der Waals surface area contributed by atoms with Crippen LogP contribution in [0.1, 0.15) is 30.1 Å². The molecule has 0 saturated carbocycles. The largest absolute Gasteiger partial charge is 0.452 e. The van der Waals surface area contributed by atoms with Gasteiger partial charge in [-0.3, -0.25) is 0 Å². The molecule has 27 heavy (non-hydrogen) atoms. The zero-order chi connectivity index (χ0) is 19.4. The minimum Gasteiger partial charge on any atom is -0.452 e. The Bertz CT molecular complexity index is 1010. The van der Waals surface area contributed by atoms with Gasteiger partial charge in [0.05, 0.1) is 15.3 Å². The Kier molecular flexibility index (Phi) is 5.68. The Morgan fingerprint density at radius 2 is 2.00 bits per heavy atom. The van der Waals surface area contributed by atoms with Crippen LogP contribution in [0.4, 0.5) is 0 Å². The number of esters is 1. The first-order valence-electron chi connectivity index (χ1n) is 8.01. The van der Waals surface area contributed by atoms with Gasteiger partial charge in [-0.05, 0) is 49.6 Å². The number of ether oxygens (including phenoxy) is 1. The quantitative estimate of drug-likeness (QED) is 0.599. The highest BCUT2D eigenvalue weighted by Gasteiger charge is 2.17. The highest BCUT2D eigenvalue weighted by molar-refractivity contribution is 7.89. The fourth-order valence-electron chi connectivity index (χ4n) is 2.18. The van der Waals surface area contributed by atoms with E-state index in [1.807, 2.05) is 17.5 Å². The van der Waals surface area contributed by atoms with Gasteiger partial charge in [-0.2, -0.15) is 4.98 Å². The van der Waals surface area contributed by atoms with Gasteiger partial charge >= 0.3 is 5.97 Å². The number of aromatic nitrogens is 2. The van der Waals surface area contributed by atoms with Crippen LogP contribution in [0.3, 0.4) is 0 Å². The Balaban J connectivity index is 1.62. The predicted molar refractivity (Wildman–Crippen MR) is 98.6 cm³/mol. The van der Waals surface area contributed by atoms with E-state index in [-0.39, 0.29) is 29.0 Å². The summed E-state index contributed by atoms with van der Waals surface area (Å²) in [4.78, 5) is 17.2. The molecule has 1 N–H and O–H groups in total. The van der Waals surface area contributed by atoms with Gasteiger partial charge < -0.3 is 9.26 Å². The molecule has 0 aliphatic heterocycles. The number of hydrogen-bond acceptors (Lipinski definition) is 8. The first kappa shape index (κ1) is 19.2. The highest BCUT2D eigenvalue weighted by Crippen LogP contribution is 2.21. The summed E-state index contributed by atoms with van der Waals surface area (Å²) in [5.41, 5.74) is 0.219. The van der Waals surface area contributed by atoms with Gasteiger partial charge in [0.15, 0.2) is 6.61 Å². The average Bonchev–Trinajstić information content (AvgIpc) is 3.30. The van der Waals surface area contributed by atoms with E-state index in [1.165, 1.54) is 35.6 Å². The van der Waals surface area contributed by atoms with Crippen LogP contribution in [0.5, 0.6) is 0 Å². The molecule has 142 valence electrons. The molecular weight excluding hydrogens is 390 g/mol. The van der Waals surface area contributed by atoms with Gasteiger partial charge in [0, 0.05) is 6.04 Å². The molecule has 3 rings (SSSR count). The molecule has 2 heterocycles. The molecule has 2 aromatic heterocycles. The van der Waals surface area contributed by atoms with Gasteiger partial charge in [-0.25, -0.2) is 17.9 Å². The molecule has 1 aromatic carbocycles. The number of carbonyl (C=O) groups excluding carboxylic acids is 1. The molecule has 0 unspecified atom stereocenters. The van der Waals surface area contributed by atoms with Crippen molar-refractivity contribution in [1.82, 2.24) is 14.9 Å². The van der Waals surface area contributed by atoms with E-state index >= 15 is 0 Å². The summed E-state index contributed by atoms with van der Waals surface area (Å²) < 4.78 is 36.8. The SMILES string of the molecule is CC(C)NS(=O)(=O)c1ccc(C(=O)OCc2nc(-c3cccs3)no2)cc1. The van der Waals surface area contributed by atoms with E-state index < -0.39 is 16.0 Å². The van der Waals surface area contributed by atoms with E-state index in [1.54, 1.807) is 13.8 Å². The normalized spacial score (nSPS) is 11.7. The first-order valence-corrected chi connectivity index (χ1v) is 10.4. The lowest BCUT2D eigenvalue weighted by molar-refractivity contribution is 0.0429. The van der Waals surface area contributed by atoms with E-state index in [9.17, 15) is 13.2 Å². The third-order valence-corrected chi connectivity index (χ3v) is 5.87. The van der Waals surface area contributed by atoms with Crippen LogP contribution < -0.4 is 4.72 Å². The lowest BCUT2D eigenvalue weighted by Gasteiger charge is -2.09. The molecule has 10 heteroatoms. The molecule has 8 nitrogen and oxygen atoms in total. The highest BCUT2D eigenvalue weighted by atomic mass is 32.2. The number of nitrogens with zero attached hydrogens (tertiary/aromatic N) is 2. The minimum absolute atomic E-state index is 0.0743. The van der Waals surface area contributed by atoms with Gasteiger partial charge in [0.2, 0.25) is 15.8 Å². The molecule has 0 spiro atoms. The summed E-state index contributed by atoms with van der Waals surface area (Å²) in [5.74, 6) is -0.0121. The second kappa shape index (κ2) is 7.99. The summed E-state index contributed by atoms with van der Waals surface area (Å²) in [5, 5.41) is 5.73. The van der Waals surface area contributed by atoms with E-state index in [0.717, 1.165) is 4.88 Å². The van der Waals surface area contributed by atoms with E-state index in [4.69, 9.17) is 9.26 Å². The van der Waals surface area contributed by atoms with Crippen molar-refractivity contribution in [3.05, 3.63) is 53.2 Å². The van der Waals surface area contributed by atoms with E-state index in [0.29, 0.717) is 5.82 Å². The van der Waals surface area contributed by atoms with Crippen LogP contribution in [0.15, 0.2) is 51.2 Å². The van der Waals surface area contributed by atoms with Crippen molar-refractivity contribution in [2.24, 2.45) is 0 Å². The van der Waals surface area contributed by atoms with Gasteiger partial charge in [0.1, 0.15) is 0 Å². The van der Waals surface area contributed by atoms with Gasteiger partial charge in [-0.1, -0.05) is 11.2 Å². The topological polar surface area (TPSA) is 111 Å². The van der Waals surface area contributed by atoms with Crippen LogP contribution in [0, 0.1) is 0 Å². The fraction of sp³-hybridized carbons (Fsp3) is 0.235. The molecule has 0 aliphatic carbocycles. The number of hydrogen-bond donors (Lipinski definition) is 1. The molecule has 0 atom stereocenters. The molecule has 0 radical (unpaired) electrons. The van der Waals surface area contributed by atoms with Crippen molar-refractivity contribution >= 4 is 27.3 Å². The lowest BCUT2D eigenvalue weighted by Crippen LogP contribution is -2.30. The Labute approximate surface area is 160 Å². The van der Waals surface area contributed by atoms with Crippen LogP contribution >= 0.6 is 11.3 Å². The van der Waals surface area contributed by atoms with Crippen molar-refractivity contribution in [2.45, 2.75) is 31.4 Å². The number of benzene rings is 1. The van der Waals surface area contributed by atoms with Crippen molar-refractivity contribution in [2.75, 3.05) is 0 Å². The van der Waals surface area contributed by atoms with Crippen molar-refractivity contribution < 1.29 is 22.5 Å². The maximum atomic E-state index is 12.1. The summed E-state index contributed by atoms with van der Waals surface area (Å²) >= 11 is 1.47. The summed E-state index contributed by atoms with van der Waals surface area (Å²) in [6, 6.07) is 8.98. The molecule has 3 aromatic rings. The number of thiophene rings is 1. The zero-order valence-electron chi connectivity index (χ0n) is 14.6. The van der Waals surface area contributed by atoms with Crippen LogP contribution in [0.2, 0.25) is 0 Å². The number of sulfonamides is 1. The number of rotatable bonds is 7. The predicted octanol–water partition coefficient (Wildman–Crippen LogP) is 2.84. The molecule has 0 amide bonds. The Morgan fingerprint density at radius 1 is 1.26 bits per heavy atom. The van der Waals surface area contributed by atoms with Crippen LogP contribution in [-0.4, -0.2) is 30.6 Å². The average molecular weight is 407 g/mol. The number of nitrogens with one attached hydrogen (secondary N) is 1. The smallest absolute Gasteiger partial charge is 0.338 e. The van der Waals surface area contributed by atoms with E-state index in [2.05, 4.69) is 14.9 Å². The molecule has 0 aliphatic rings. The third kappa shape index (κ3) is 4.79. The summed E-state index contributed by atoms with van der Waals surface area (Å²) in [7, 11) is -3.61. The van der Waals surface area contributed by atoms with Gasteiger partial charge in [0.25, 0.3) is 5.89 Å². The molecule has 0 fully saturated rings. The zero-order valence-corrected chi connectivity index (χ0v) is 16.2. The third-order valence-electron chi connectivity index (χ3n) is 3.33. The van der Waals surface area contributed by atoms with Crippen molar-refractivity contribution in [3.8, 4) is 10.7 Å². The number of carbonyl (C=O) groups is 1. The monoisotopic (exact) mass is 407 g/mol.